The van der Waals surface area contributed by atoms with E-state index < -0.39 is 127 Å². The van der Waals surface area contributed by atoms with Gasteiger partial charge < -0.3 is 76.4 Å². The molecule has 33 nitrogen and oxygen atoms in total. The number of aliphatic hydroxyl groups excluding tert-OH is 2. The van der Waals surface area contributed by atoms with E-state index in [9.17, 15) is 77.0 Å². The fourth-order valence-corrected chi connectivity index (χ4v) is 8.80. The molecule has 1 aliphatic heterocycles. The van der Waals surface area contributed by atoms with Crippen LogP contribution in [0, 0.1) is 5.41 Å². The van der Waals surface area contributed by atoms with Crippen molar-refractivity contribution in [1.29, 1.82) is 0 Å². The maximum atomic E-state index is 12.6. The second-order valence-electron chi connectivity index (χ2n) is 14.7. The van der Waals surface area contributed by atoms with Crippen LogP contribution in [0.15, 0.2) is 12.7 Å². The van der Waals surface area contributed by atoms with Crippen LogP contribution in [0.4, 0.5) is 5.82 Å². The normalized spacial score (nSPS) is 19.7. The summed E-state index contributed by atoms with van der Waals surface area (Å²) in [5.41, 5.74) is 1.46. The predicted octanol–water partition coefficient (Wildman–Crippen LogP) is -2.72. The highest BCUT2D eigenvalue weighted by Crippen LogP contribution is 2.61. The lowest BCUT2D eigenvalue weighted by molar-refractivity contribution is -0.170. The maximum Gasteiger partial charge on any atom is 0.481 e. The third-order valence-corrected chi connectivity index (χ3v) is 12.6. The van der Waals surface area contributed by atoms with E-state index in [1.807, 2.05) is 0 Å². The third-order valence-electron chi connectivity index (χ3n) is 8.59. The first kappa shape index (κ1) is 59.5. The van der Waals surface area contributed by atoms with Gasteiger partial charge in [-0.1, -0.05) is 25.6 Å². The molecule has 7 atom stereocenters. The van der Waals surface area contributed by atoms with Crippen LogP contribution in [0.1, 0.15) is 52.2 Å². The van der Waals surface area contributed by atoms with Gasteiger partial charge in [-0.25, -0.2) is 33.4 Å². The molecular formula is C31H48N7O26P3S. The SMILES string of the molecule is CC(C)(COP(=O)(O)OP(=O)(O)OC[C@H]1O[C@@H](n2cnc3c(N)ncnc32)[C@H](O)[C@@H]1OP(=O)(O)O)[C@@H](O)C(=O)NCCC(=O)NCCSC(=O)CCC(=O)O.O=C(O)CC(O)(CC(=O)O)C(=O)O. The number of ether oxygens (including phenoxy) is 1. The average Bonchev–Trinajstić information content (AvgIpc) is 3.76. The number of carbonyl (C=O) groups excluding carboxylic acids is 3. The molecule has 2 aromatic heterocycles. The van der Waals surface area contributed by atoms with Crippen molar-refractivity contribution in [3.05, 3.63) is 12.7 Å². The van der Waals surface area contributed by atoms with Crippen LogP contribution < -0.4 is 16.4 Å². The molecule has 2 aromatic rings. The number of nitrogen functional groups attached to an aromatic ring is 1. The van der Waals surface area contributed by atoms with Crippen molar-refractivity contribution in [2.24, 2.45) is 5.41 Å². The highest BCUT2D eigenvalue weighted by molar-refractivity contribution is 8.13. The van der Waals surface area contributed by atoms with Crippen molar-refractivity contribution in [1.82, 2.24) is 30.2 Å². The molecule has 0 aromatic carbocycles. The zero-order valence-corrected chi connectivity index (χ0v) is 38.8. The summed E-state index contributed by atoms with van der Waals surface area (Å²) in [6, 6.07) is 0. The monoisotopic (exact) mass is 1060 g/mol. The van der Waals surface area contributed by atoms with Crippen LogP contribution in [0.5, 0.6) is 0 Å². The maximum absolute atomic E-state index is 12.6. The van der Waals surface area contributed by atoms with Crippen molar-refractivity contribution in [2.45, 2.75) is 82.2 Å². The van der Waals surface area contributed by atoms with Crippen LogP contribution in [0.25, 0.3) is 11.2 Å². The number of hydrogen-bond acceptors (Lipinski definition) is 23. The van der Waals surface area contributed by atoms with Crippen molar-refractivity contribution in [3.63, 3.8) is 0 Å². The summed E-state index contributed by atoms with van der Waals surface area (Å²) >= 11 is 0.849. The molecule has 1 saturated heterocycles. The van der Waals surface area contributed by atoms with E-state index in [0.29, 0.717) is 0 Å². The molecule has 68 heavy (non-hydrogen) atoms. The van der Waals surface area contributed by atoms with Crippen molar-refractivity contribution in [3.8, 4) is 0 Å². The van der Waals surface area contributed by atoms with Crippen molar-refractivity contribution >= 4 is 93.0 Å². The number of phosphoric acid groups is 3. The van der Waals surface area contributed by atoms with Gasteiger partial charge in [-0.15, -0.1) is 0 Å². The predicted molar refractivity (Wildman–Crippen MR) is 221 cm³/mol. The Morgan fingerprint density at radius 2 is 1.49 bits per heavy atom. The summed E-state index contributed by atoms with van der Waals surface area (Å²) in [7, 11) is -16.4. The van der Waals surface area contributed by atoms with Gasteiger partial charge >= 0.3 is 47.3 Å². The summed E-state index contributed by atoms with van der Waals surface area (Å²) in [5, 5.41) is 68.2. The van der Waals surface area contributed by atoms with Gasteiger partial charge in [0.05, 0.1) is 38.8 Å². The number of hydrogen-bond donors (Lipinski definition) is 14. The first-order valence-electron chi connectivity index (χ1n) is 18.8. The lowest BCUT2D eigenvalue weighted by Crippen LogP contribution is -2.46. The number of carboxylic acids is 4. The molecule has 2 amide bonds. The topological polar surface area (TPSA) is 533 Å². The number of rotatable bonds is 27. The highest BCUT2D eigenvalue weighted by Gasteiger charge is 2.50. The molecule has 1 fully saturated rings. The summed E-state index contributed by atoms with van der Waals surface area (Å²) in [6.07, 6.45) is -9.84. The number of carboxylic acid groups (broad SMARTS) is 4. The minimum absolute atomic E-state index is 0.0197. The number of aliphatic hydroxyl groups is 3. The van der Waals surface area contributed by atoms with E-state index in [1.54, 1.807) is 0 Å². The number of fused-ring (bicyclic) bond motifs is 1. The van der Waals surface area contributed by atoms with E-state index >= 15 is 0 Å². The van der Waals surface area contributed by atoms with Gasteiger partial charge in [-0.3, -0.25) is 46.9 Å². The van der Waals surface area contributed by atoms with Crippen LogP contribution in [-0.4, -0.2) is 178 Å². The molecule has 384 valence electrons. The molecule has 2 unspecified atom stereocenters. The van der Waals surface area contributed by atoms with Gasteiger partial charge in [0.25, 0.3) is 0 Å². The number of aliphatic carboxylic acids is 4. The van der Waals surface area contributed by atoms with Gasteiger partial charge in [-0.2, -0.15) is 4.31 Å². The minimum Gasteiger partial charge on any atom is -0.481 e. The minimum atomic E-state index is -5.59. The number of nitrogens with two attached hydrogens (primary N) is 1. The number of nitrogens with zero attached hydrogens (tertiary/aromatic N) is 4. The van der Waals surface area contributed by atoms with E-state index in [2.05, 4.69) is 34.4 Å². The molecule has 0 saturated carbocycles. The molecule has 3 rings (SSSR count). The van der Waals surface area contributed by atoms with Gasteiger partial charge in [0.1, 0.15) is 36.3 Å². The van der Waals surface area contributed by atoms with Crippen molar-refractivity contribution in [2.75, 3.05) is 37.8 Å². The molecule has 0 radical (unpaired) electrons. The first-order chi connectivity index (χ1) is 31.2. The lowest BCUT2D eigenvalue weighted by Gasteiger charge is -2.30. The van der Waals surface area contributed by atoms with E-state index in [4.69, 9.17) is 45.1 Å². The quantitative estimate of drug-likeness (QED) is 0.0319. The number of aromatic nitrogens is 4. The smallest absolute Gasteiger partial charge is 0.481 e. The fraction of sp³-hybridized carbons (Fsp3) is 0.613. The Kier molecular flexibility index (Phi) is 22.2. The van der Waals surface area contributed by atoms with Crippen LogP contribution >= 0.6 is 35.2 Å². The second kappa shape index (κ2) is 25.3. The van der Waals surface area contributed by atoms with Crippen LogP contribution in [0.2, 0.25) is 0 Å². The number of phosphoric ester groups is 3. The molecule has 1 aliphatic rings. The fourth-order valence-electron chi connectivity index (χ4n) is 5.29. The van der Waals surface area contributed by atoms with E-state index in [1.165, 1.54) is 13.8 Å². The number of imidazole rings is 1. The van der Waals surface area contributed by atoms with E-state index in [0.717, 1.165) is 29.0 Å². The summed E-state index contributed by atoms with van der Waals surface area (Å²) in [5.74, 6) is -7.53. The molecule has 0 spiro atoms. The third kappa shape index (κ3) is 19.8. The Labute approximate surface area is 385 Å². The number of nitrogens with one attached hydrogen (secondary N) is 2. The Hall–Kier alpha value is -4.60. The number of thioether (sulfide) groups is 1. The molecule has 15 N–H and O–H groups in total. The Morgan fingerprint density at radius 3 is 2.04 bits per heavy atom. The Morgan fingerprint density at radius 1 is 0.882 bits per heavy atom. The molecule has 3 heterocycles. The second-order valence-corrected chi connectivity index (χ2v) is 20.0. The summed E-state index contributed by atoms with van der Waals surface area (Å²) in [6.45, 7) is 0.213. The lowest BCUT2D eigenvalue weighted by atomic mass is 9.87. The van der Waals surface area contributed by atoms with Gasteiger partial charge in [-0.05, 0) is 0 Å². The molecule has 0 bridgehead atoms. The first-order valence-corrected chi connectivity index (χ1v) is 24.4. The molecule has 37 heteroatoms. The zero-order chi connectivity index (χ0) is 52.0. The largest absolute Gasteiger partial charge is 0.481 e. The van der Waals surface area contributed by atoms with E-state index in [-0.39, 0.29) is 60.2 Å². The Balaban J connectivity index is 0.00000106. The number of anilines is 1. The standard InChI is InChI=1S/C25H40N7O19P3S.C6H8O7/c1-25(2,20(38)23(39)28-6-5-14(33)27-7-8-55-16(36)4-3-15(34)35)10-48-54(45,46)51-53(43,44)47-9-13-19(50-52(40,41)42)18(37)24(49-13)32-12-31-17-21(26)29-11-30-22(17)32;7-3(8)1-6(13,5(11)12)2-4(9)10/h11-13,18-20,24,37-38H,3-10H2,1-2H3,(H,27,33)(H,28,39)(H,34,35)(H,43,44)(H,45,46)(H2,26,29,30)(H2,40,41,42);13H,1-2H2,(H,7,8)(H,9,10)(H,11,12)/t13-,18-,19-,20+,24-;/m1./s1. The Bertz CT molecular complexity index is 2280. The van der Waals surface area contributed by atoms with Gasteiger partial charge in [0.2, 0.25) is 11.8 Å². The summed E-state index contributed by atoms with van der Waals surface area (Å²) in [4.78, 5) is 128. The average molecular weight is 1060 g/mol. The van der Waals surface area contributed by atoms with Crippen LogP contribution in [0.3, 0.4) is 0 Å². The molecular weight excluding hydrogens is 1010 g/mol. The zero-order valence-electron chi connectivity index (χ0n) is 35.3. The number of carbonyl (C=O) groups is 7. The van der Waals surface area contributed by atoms with Crippen LogP contribution in [-0.2, 0) is 69.9 Å². The number of amides is 2. The highest BCUT2D eigenvalue weighted by atomic mass is 32.2. The molecule has 0 aliphatic carbocycles. The van der Waals surface area contributed by atoms with Gasteiger partial charge in [0, 0.05) is 37.1 Å². The van der Waals surface area contributed by atoms with Crippen molar-refractivity contribution < 1.29 is 125 Å². The summed E-state index contributed by atoms with van der Waals surface area (Å²) < 4.78 is 61.9. The van der Waals surface area contributed by atoms with Gasteiger partial charge in [0.15, 0.2) is 28.4 Å².